The van der Waals surface area contributed by atoms with Gasteiger partial charge in [0.25, 0.3) is 0 Å². The molecule has 0 aromatic carbocycles. The second kappa shape index (κ2) is 4.79. The van der Waals surface area contributed by atoms with E-state index in [9.17, 15) is 0 Å². The Labute approximate surface area is 67.2 Å². The molecule has 0 amide bonds. The molecular weight excluding hydrogens is 138 g/mol. The normalized spacial score (nSPS) is 9.91. The van der Waals surface area contributed by atoms with E-state index >= 15 is 0 Å². The van der Waals surface area contributed by atoms with Crippen molar-refractivity contribution in [1.29, 1.82) is 0 Å². The number of nitrogens with one attached hydrogen (secondary N) is 3. The lowest BCUT2D eigenvalue weighted by Gasteiger charge is -2.01. The maximum atomic E-state index is 3.29. The van der Waals surface area contributed by atoms with Crippen molar-refractivity contribution in [3.8, 4) is 0 Å². The first kappa shape index (κ1) is 8.14. The van der Waals surface area contributed by atoms with Crippen LogP contribution in [0.2, 0.25) is 0 Å². The maximum Gasteiger partial charge on any atom is 0.0517 e. The lowest BCUT2D eigenvalue weighted by molar-refractivity contribution is 0.748. The average Bonchev–Trinajstić information content (AvgIpc) is 2.50. The fourth-order valence-electron chi connectivity index (χ4n) is 0.932. The van der Waals surface area contributed by atoms with Gasteiger partial charge in [0.1, 0.15) is 0 Å². The third kappa shape index (κ3) is 3.09. The summed E-state index contributed by atoms with van der Waals surface area (Å²) in [5, 5.41) is 6.39. The summed E-state index contributed by atoms with van der Waals surface area (Å²) in [7, 11) is 1.97. The SMILES string of the molecule is CNCCCNc1cc[nH]c1. The van der Waals surface area contributed by atoms with E-state index < -0.39 is 0 Å². The molecule has 0 saturated heterocycles. The molecule has 1 heterocycles. The molecule has 3 nitrogen and oxygen atoms in total. The highest BCUT2D eigenvalue weighted by Gasteiger charge is 1.88. The summed E-state index contributed by atoms with van der Waals surface area (Å²) in [5.74, 6) is 0. The number of aromatic nitrogens is 1. The minimum atomic E-state index is 1.03. The van der Waals surface area contributed by atoms with Crippen LogP contribution < -0.4 is 10.6 Å². The van der Waals surface area contributed by atoms with Crippen molar-refractivity contribution in [2.75, 3.05) is 25.5 Å². The lowest BCUT2D eigenvalue weighted by atomic mass is 10.4. The molecule has 0 radical (unpaired) electrons. The topological polar surface area (TPSA) is 39.8 Å². The molecule has 0 unspecified atom stereocenters. The van der Waals surface area contributed by atoms with Crippen LogP contribution in [0.5, 0.6) is 0 Å². The molecule has 0 atom stereocenters. The third-order valence-corrected chi connectivity index (χ3v) is 1.53. The van der Waals surface area contributed by atoms with E-state index in [0.717, 1.165) is 19.5 Å². The highest BCUT2D eigenvalue weighted by Crippen LogP contribution is 2.02. The molecule has 0 spiro atoms. The molecule has 11 heavy (non-hydrogen) atoms. The van der Waals surface area contributed by atoms with Gasteiger partial charge in [-0.25, -0.2) is 0 Å². The predicted molar refractivity (Wildman–Crippen MR) is 47.8 cm³/mol. The molecular formula is C8H15N3. The Kier molecular flexibility index (Phi) is 3.55. The monoisotopic (exact) mass is 153 g/mol. The zero-order valence-electron chi connectivity index (χ0n) is 6.85. The molecule has 0 saturated carbocycles. The van der Waals surface area contributed by atoms with Crippen molar-refractivity contribution in [3.05, 3.63) is 18.5 Å². The Morgan fingerprint density at radius 1 is 1.45 bits per heavy atom. The first-order valence-electron chi connectivity index (χ1n) is 3.95. The van der Waals surface area contributed by atoms with Crippen LogP contribution in [0.1, 0.15) is 6.42 Å². The molecule has 62 valence electrons. The molecule has 1 aromatic heterocycles. The summed E-state index contributed by atoms with van der Waals surface area (Å²) >= 11 is 0. The van der Waals surface area contributed by atoms with Crippen LogP contribution >= 0.6 is 0 Å². The van der Waals surface area contributed by atoms with Gasteiger partial charge in [0.2, 0.25) is 0 Å². The second-order valence-corrected chi connectivity index (χ2v) is 2.48. The number of aromatic amines is 1. The smallest absolute Gasteiger partial charge is 0.0517 e. The van der Waals surface area contributed by atoms with Gasteiger partial charge in [0.15, 0.2) is 0 Å². The Morgan fingerprint density at radius 2 is 2.36 bits per heavy atom. The van der Waals surface area contributed by atoms with E-state index in [1.54, 1.807) is 0 Å². The molecule has 0 bridgehead atoms. The van der Waals surface area contributed by atoms with Gasteiger partial charge in [0, 0.05) is 18.9 Å². The maximum absolute atomic E-state index is 3.29. The van der Waals surface area contributed by atoms with Crippen molar-refractivity contribution < 1.29 is 0 Å². The molecule has 0 fully saturated rings. The number of rotatable bonds is 5. The minimum absolute atomic E-state index is 1.03. The van der Waals surface area contributed by atoms with Gasteiger partial charge in [-0.15, -0.1) is 0 Å². The number of anilines is 1. The van der Waals surface area contributed by atoms with Gasteiger partial charge in [-0.3, -0.25) is 0 Å². The predicted octanol–water partition coefficient (Wildman–Crippen LogP) is 1.04. The average molecular weight is 153 g/mol. The molecule has 0 aliphatic carbocycles. The van der Waals surface area contributed by atoms with Crippen LogP contribution in [0, 0.1) is 0 Å². The van der Waals surface area contributed by atoms with Crippen LogP contribution in [0.4, 0.5) is 5.69 Å². The standard InChI is InChI=1S/C8H15N3/c1-9-4-2-5-11-8-3-6-10-7-8/h3,6-7,9-11H,2,4-5H2,1H3. The highest BCUT2D eigenvalue weighted by molar-refractivity contribution is 5.39. The fourth-order valence-corrected chi connectivity index (χ4v) is 0.932. The van der Waals surface area contributed by atoms with Gasteiger partial charge in [-0.2, -0.15) is 0 Å². The van der Waals surface area contributed by atoms with Crippen molar-refractivity contribution in [2.24, 2.45) is 0 Å². The van der Waals surface area contributed by atoms with Crippen LogP contribution in [-0.2, 0) is 0 Å². The summed E-state index contributed by atoms with van der Waals surface area (Å²) < 4.78 is 0. The third-order valence-electron chi connectivity index (χ3n) is 1.53. The van der Waals surface area contributed by atoms with Crippen LogP contribution in [-0.4, -0.2) is 25.1 Å². The van der Waals surface area contributed by atoms with Crippen LogP contribution in [0.25, 0.3) is 0 Å². The number of H-pyrrole nitrogens is 1. The van der Waals surface area contributed by atoms with Gasteiger partial charge in [-0.1, -0.05) is 0 Å². The van der Waals surface area contributed by atoms with Crippen molar-refractivity contribution in [2.45, 2.75) is 6.42 Å². The molecule has 0 aliphatic heterocycles. The fraction of sp³-hybridized carbons (Fsp3) is 0.500. The Balaban J connectivity index is 2.04. The summed E-state index contributed by atoms with van der Waals surface area (Å²) in [6.45, 7) is 2.09. The van der Waals surface area contributed by atoms with E-state index in [2.05, 4.69) is 15.6 Å². The van der Waals surface area contributed by atoms with Gasteiger partial charge in [-0.05, 0) is 26.1 Å². The van der Waals surface area contributed by atoms with E-state index in [0.29, 0.717) is 0 Å². The van der Waals surface area contributed by atoms with Crippen molar-refractivity contribution >= 4 is 5.69 Å². The van der Waals surface area contributed by atoms with E-state index in [4.69, 9.17) is 0 Å². The van der Waals surface area contributed by atoms with E-state index in [-0.39, 0.29) is 0 Å². The Morgan fingerprint density at radius 3 is 3.00 bits per heavy atom. The summed E-state index contributed by atoms with van der Waals surface area (Å²) in [5.41, 5.74) is 1.17. The quantitative estimate of drug-likeness (QED) is 0.553. The number of hydrogen-bond acceptors (Lipinski definition) is 2. The van der Waals surface area contributed by atoms with Gasteiger partial charge < -0.3 is 15.6 Å². The Hall–Kier alpha value is -0.960. The van der Waals surface area contributed by atoms with E-state index in [1.165, 1.54) is 5.69 Å². The molecule has 3 N–H and O–H groups in total. The molecule has 1 rings (SSSR count). The van der Waals surface area contributed by atoms with Crippen LogP contribution in [0.3, 0.4) is 0 Å². The number of hydrogen-bond donors (Lipinski definition) is 3. The molecule has 3 heteroatoms. The Bertz CT molecular complexity index is 169. The highest BCUT2D eigenvalue weighted by atomic mass is 14.9. The summed E-state index contributed by atoms with van der Waals surface area (Å²) in [6, 6.07) is 2.03. The van der Waals surface area contributed by atoms with Crippen molar-refractivity contribution in [3.63, 3.8) is 0 Å². The summed E-state index contributed by atoms with van der Waals surface area (Å²) in [6.07, 6.45) is 5.03. The zero-order chi connectivity index (χ0) is 7.94. The van der Waals surface area contributed by atoms with Gasteiger partial charge in [0.05, 0.1) is 5.69 Å². The summed E-state index contributed by atoms with van der Waals surface area (Å²) in [4.78, 5) is 2.99. The first-order chi connectivity index (χ1) is 5.43. The van der Waals surface area contributed by atoms with Crippen molar-refractivity contribution in [1.82, 2.24) is 10.3 Å². The van der Waals surface area contributed by atoms with Gasteiger partial charge >= 0.3 is 0 Å². The minimum Gasteiger partial charge on any atom is -0.384 e. The zero-order valence-corrected chi connectivity index (χ0v) is 6.85. The molecule has 0 aliphatic rings. The van der Waals surface area contributed by atoms with E-state index in [1.807, 2.05) is 25.5 Å². The largest absolute Gasteiger partial charge is 0.384 e. The first-order valence-corrected chi connectivity index (χ1v) is 3.95. The van der Waals surface area contributed by atoms with Crippen LogP contribution in [0.15, 0.2) is 18.5 Å². The molecule has 1 aromatic rings. The second-order valence-electron chi connectivity index (χ2n) is 2.48. The lowest BCUT2D eigenvalue weighted by Crippen LogP contribution is -2.12.